The predicted molar refractivity (Wildman–Crippen MR) is 107 cm³/mol. The molecule has 144 valence electrons. The molecule has 1 heterocycles. The van der Waals surface area contributed by atoms with E-state index in [1.54, 1.807) is 31.2 Å². The summed E-state index contributed by atoms with van der Waals surface area (Å²) < 4.78 is 1.28. The molecule has 28 heavy (non-hydrogen) atoms. The number of hydrogen-bond donors (Lipinski definition) is 2. The number of aromatic nitrogens is 2. The van der Waals surface area contributed by atoms with Crippen LogP contribution in [0.4, 0.5) is 0 Å². The van der Waals surface area contributed by atoms with E-state index in [9.17, 15) is 14.4 Å². The van der Waals surface area contributed by atoms with Crippen LogP contribution < -0.4 is 16.2 Å². The normalized spacial score (nSPS) is 10.6. The topological polar surface area (TPSA) is 93.1 Å². The van der Waals surface area contributed by atoms with Gasteiger partial charge in [0.1, 0.15) is 0 Å². The predicted octanol–water partition coefficient (Wildman–Crippen LogP) is 1.51. The van der Waals surface area contributed by atoms with E-state index in [4.69, 9.17) is 0 Å². The third kappa shape index (κ3) is 4.43. The monoisotopic (exact) mass is 378 g/mol. The minimum absolute atomic E-state index is 0.108. The molecule has 2 aromatic carbocycles. The Morgan fingerprint density at radius 2 is 1.57 bits per heavy atom. The van der Waals surface area contributed by atoms with E-state index in [-0.39, 0.29) is 29.6 Å². The maximum atomic E-state index is 12.6. The summed E-state index contributed by atoms with van der Waals surface area (Å²) in [5.74, 6) is -0.487. The highest BCUT2D eigenvalue weighted by molar-refractivity contribution is 6.04. The number of aryl methyl sites for hydroxylation is 1. The molecule has 2 amide bonds. The number of benzene rings is 2. The van der Waals surface area contributed by atoms with Gasteiger partial charge in [-0.2, -0.15) is 5.10 Å². The van der Waals surface area contributed by atoms with Crippen LogP contribution in [0.5, 0.6) is 0 Å². The van der Waals surface area contributed by atoms with Crippen molar-refractivity contribution in [1.29, 1.82) is 0 Å². The van der Waals surface area contributed by atoms with Gasteiger partial charge < -0.3 is 10.6 Å². The van der Waals surface area contributed by atoms with Gasteiger partial charge in [-0.1, -0.05) is 48.5 Å². The second-order valence-electron chi connectivity index (χ2n) is 6.28. The van der Waals surface area contributed by atoms with Crippen LogP contribution in [0.3, 0.4) is 0 Å². The molecule has 0 aliphatic rings. The molecule has 0 radical (unpaired) electrons. The quantitative estimate of drug-likeness (QED) is 0.610. The van der Waals surface area contributed by atoms with Crippen molar-refractivity contribution in [3.63, 3.8) is 0 Å². The average molecular weight is 378 g/mol. The number of nitrogens with one attached hydrogen (secondary N) is 2. The molecule has 1 aromatic heterocycles. The Kier molecular flexibility index (Phi) is 6.16. The summed E-state index contributed by atoms with van der Waals surface area (Å²) in [5, 5.41) is 10.7. The number of fused-ring (bicyclic) bond motifs is 1. The van der Waals surface area contributed by atoms with Crippen LogP contribution in [0.2, 0.25) is 0 Å². The summed E-state index contributed by atoms with van der Waals surface area (Å²) in [6.07, 6.45) is 0.294. The summed E-state index contributed by atoms with van der Waals surface area (Å²) in [7, 11) is 0. The number of nitrogens with zero attached hydrogens (tertiary/aromatic N) is 2. The average Bonchev–Trinajstić information content (AvgIpc) is 2.72. The lowest BCUT2D eigenvalue weighted by Gasteiger charge is -2.10. The van der Waals surface area contributed by atoms with Crippen LogP contribution in [-0.2, 0) is 17.8 Å². The minimum atomic E-state index is -0.379. The second kappa shape index (κ2) is 8.94. The van der Waals surface area contributed by atoms with Crippen molar-refractivity contribution in [2.75, 3.05) is 13.1 Å². The van der Waals surface area contributed by atoms with E-state index >= 15 is 0 Å². The van der Waals surface area contributed by atoms with Gasteiger partial charge in [-0.15, -0.1) is 0 Å². The largest absolute Gasteiger partial charge is 0.354 e. The third-order valence-corrected chi connectivity index (χ3v) is 4.32. The Labute approximate surface area is 162 Å². The van der Waals surface area contributed by atoms with Gasteiger partial charge in [0.2, 0.25) is 5.91 Å². The highest BCUT2D eigenvalue weighted by Crippen LogP contribution is 2.13. The molecule has 0 bridgehead atoms. The first-order valence-electron chi connectivity index (χ1n) is 9.19. The lowest BCUT2D eigenvalue weighted by molar-refractivity contribution is -0.120. The van der Waals surface area contributed by atoms with Crippen LogP contribution in [0.25, 0.3) is 10.8 Å². The van der Waals surface area contributed by atoms with Crippen LogP contribution in [0.1, 0.15) is 23.0 Å². The summed E-state index contributed by atoms with van der Waals surface area (Å²) in [4.78, 5) is 36.9. The summed E-state index contributed by atoms with van der Waals surface area (Å²) >= 11 is 0. The molecule has 0 atom stereocenters. The van der Waals surface area contributed by atoms with Crippen LogP contribution in [0.15, 0.2) is 59.4 Å². The molecule has 0 aliphatic carbocycles. The van der Waals surface area contributed by atoms with Crippen molar-refractivity contribution in [2.45, 2.75) is 19.9 Å². The first kappa shape index (κ1) is 19.3. The maximum Gasteiger partial charge on any atom is 0.274 e. The lowest BCUT2D eigenvalue weighted by atomic mass is 10.1. The fourth-order valence-corrected chi connectivity index (χ4v) is 2.92. The SMILES string of the molecule is CCn1nc(C(=O)NCCNC(=O)Cc2ccccc2)c2ccccc2c1=O. The molecule has 0 spiro atoms. The summed E-state index contributed by atoms with van der Waals surface area (Å²) in [5.41, 5.74) is 0.914. The number of amides is 2. The van der Waals surface area contributed by atoms with Crippen LogP contribution in [-0.4, -0.2) is 34.7 Å². The van der Waals surface area contributed by atoms with Crippen molar-refractivity contribution in [3.05, 3.63) is 76.2 Å². The minimum Gasteiger partial charge on any atom is -0.354 e. The van der Waals surface area contributed by atoms with Gasteiger partial charge >= 0.3 is 0 Å². The molecule has 7 heteroatoms. The van der Waals surface area contributed by atoms with E-state index in [2.05, 4.69) is 15.7 Å². The lowest BCUT2D eigenvalue weighted by Crippen LogP contribution is -2.36. The van der Waals surface area contributed by atoms with Crippen molar-refractivity contribution in [3.8, 4) is 0 Å². The number of hydrogen-bond acceptors (Lipinski definition) is 4. The van der Waals surface area contributed by atoms with Gasteiger partial charge in [0, 0.05) is 25.0 Å². The molecular weight excluding hydrogens is 356 g/mol. The maximum absolute atomic E-state index is 12.6. The Morgan fingerprint density at radius 3 is 2.29 bits per heavy atom. The van der Waals surface area contributed by atoms with E-state index in [1.165, 1.54) is 4.68 Å². The number of carbonyl (C=O) groups excluding carboxylic acids is 2. The highest BCUT2D eigenvalue weighted by Gasteiger charge is 2.15. The molecule has 2 N–H and O–H groups in total. The van der Waals surface area contributed by atoms with Crippen molar-refractivity contribution < 1.29 is 9.59 Å². The van der Waals surface area contributed by atoms with Gasteiger partial charge in [-0.3, -0.25) is 14.4 Å². The summed E-state index contributed by atoms with van der Waals surface area (Å²) in [6.45, 7) is 2.75. The zero-order chi connectivity index (χ0) is 19.9. The fourth-order valence-electron chi connectivity index (χ4n) is 2.92. The van der Waals surface area contributed by atoms with Crippen LogP contribution >= 0.6 is 0 Å². The van der Waals surface area contributed by atoms with Gasteiger partial charge in [0.05, 0.1) is 11.8 Å². The van der Waals surface area contributed by atoms with Crippen molar-refractivity contribution >= 4 is 22.6 Å². The van der Waals surface area contributed by atoms with Gasteiger partial charge in [0.25, 0.3) is 11.5 Å². The Balaban J connectivity index is 1.60. The zero-order valence-electron chi connectivity index (χ0n) is 15.6. The number of carbonyl (C=O) groups is 2. The van der Waals surface area contributed by atoms with Gasteiger partial charge in [-0.05, 0) is 18.6 Å². The first-order valence-corrected chi connectivity index (χ1v) is 9.19. The van der Waals surface area contributed by atoms with E-state index in [0.717, 1.165) is 5.56 Å². The highest BCUT2D eigenvalue weighted by atomic mass is 16.2. The third-order valence-electron chi connectivity index (χ3n) is 4.32. The standard InChI is InChI=1S/C21H22N4O3/c1-2-25-21(28)17-11-7-6-10-16(17)19(24-25)20(27)23-13-12-22-18(26)14-15-8-4-3-5-9-15/h3-11H,2,12-14H2,1H3,(H,22,26)(H,23,27). The molecule has 0 fully saturated rings. The van der Waals surface area contributed by atoms with Crippen molar-refractivity contribution in [2.24, 2.45) is 0 Å². The molecule has 3 rings (SSSR count). The Hall–Kier alpha value is -3.48. The Morgan fingerprint density at radius 1 is 0.929 bits per heavy atom. The number of rotatable bonds is 7. The van der Waals surface area contributed by atoms with Gasteiger partial charge in [0.15, 0.2) is 5.69 Å². The molecule has 7 nitrogen and oxygen atoms in total. The molecule has 0 aliphatic heterocycles. The summed E-state index contributed by atoms with van der Waals surface area (Å²) in [6, 6.07) is 16.4. The van der Waals surface area contributed by atoms with Crippen LogP contribution in [0, 0.1) is 0 Å². The molecule has 3 aromatic rings. The molecule has 0 saturated carbocycles. The van der Waals surface area contributed by atoms with Gasteiger partial charge in [-0.25, -0.2) is 4.68 Å². The van der Waals surface area contributed by atoms with E-state index in [0.29, 0.717) is 30.3 Å². The smallest absolute Gasteiger partial charge is 0.274 e. The molecular formula is C21H22N4O3. The fraction of sp³-hybridized carbons (Fsp3) is 0.238. The van der Waals surface area contributed by atoms with Crippen molar-refractivity contribution in [1.82, 2.24) is 20.4 Å². The second-order valence-corrected chi connectivity index (χ2v) is 6.28. The Bertz CT molecular complexity index is 1040. The molecule has 0 saturated heterocycles. The van der Waals surface area contributed by atoms with E-state index in [1.807, 2.05) is 30.3 Å². The van der Waals surface area contributed by atoms with E-state index < -0.39 is 0 Å². The first-order chi connectivity index (χ1) is 13.6. The zero-order valence-corrected chi connectivity index (χ0v) is 15.6. The molecule has 0 unspecified atom stereocenters.